The third-order valence-electron chi connectivity index (χ3n) is 4.14. The first-order valence-corrected chi connectivity index (χ1v) is 8.56. The molecular formula is C16H17N5OS. The number of hydrogen-bond acceptors (Lipinski definition) is 7. The summed E-state index contributed by atoms with van der Waals surface area (Å²) in [5.41, 5.74) is 3.94. The van der Waals surface area contributed by atoms with E-state index in [9.17, 15) is 0 Å². The van der Waals surface area contributed by atoms with Crippen LogP contribution in [0, 0.1) is 6.92 Å². The number of rotatable bonds is 4. The quantitative estimate of drug-likeness (QED) is 0.733. The minimum Gasteiger partial charge on any atom is -0.418 e. The van der Waals surface area contributed by atoms with Crippen molar-refractivity contribution in [2.75, 3.05) is 6.54 Å². The summed E-state index contributed by atoms with van der Waals surface area (Å²) in [6, 6.07) is 4.25. The molecular weight excluding hydrogens is 310 g/mol. The first kappa shape index (κ1) is 14.5. The Labute approximate surface area is 138 Å². The van der Waals surface area contributed by atoms with Crippen molar-refractivity contribution in [3.8, 4) is 10.8 Å². The van der Waals surface area contributed by atoms with Crippen LogP contribution in [0.2, 0.25) is 0 Å². The molecule has 0 amide bonds. The van der Waals surface area contributed by atoms with Crippen molar-refractivity contribution < 1.29 is 4.42 Å². The Balaban J connectivity index is 1.55. The average Bonchev–Trinajstić information content (AvgIpc) is 3.28. The van der Waals surface area contributed by atoms with Crippen LogP contribution in [-0.4, -0.2) is 31.6 Å². The average molecular weight is 327 g/mol. The smallest absolute Gasteiger partial charge is 0.259 e. The molecule has 0 bridgehead atoms. The zero-order chi connectivity index (χ0) is 15.6. The van der Waals surface area contributed by atoms with Gasteiger partial charge >= 0.3 is 0 Å². The van der Waals surface area contributed by atoms with E-state index < -0.39 is 0 Å². The SMILES string of the molecule is Cc1ncsc1-c1nnc([C@@H]2CCCN2Cc2cccnc2)o1. The van der Waals surface area contributed by atoms with Crippen LogP contribution in [0.25, 0.3) is 10.8 Å². The number of thiazole rings is 1. The Hall–Kier alpha value is -2.12. The standard InChI is InChI=1S/C16H17N5OS/c1-11-14(23-10-18-11)16-20-19-15(22-16)13-5-3-7-21(13)9-12-4-2-6-17-8-12/h2,4,6,8,10,13H,3,5,7,9H2,1H3/t13-/m0/s1. The van der Waals surface area contributed by atoms with E-state index in [0.717, 1.165) is 36.5 Å². The number of aryl methyl sites for hydroxylation is 1. The molecule has 3 aromatic heterocycles. The lowest BCUT2D eigenvalue weighted by Gasteiger charge is -2.21. The monoisotopic (exact) mass is 327 g/mol. The molecule has 6 nitrogen and oxygen atoms in total. The highest BCUT2D eigenvalue weighted by molar-refractivity contribution is 7.13. The van der Waals surface area contributed by atoms with Gasteiger partial charge in [0.2, 0.25) is 5.89 Å². The Morgan fingerprint density at radius 2 is 2.35 bits per heavy atom. The fraction of sp³-hybridized carbons (Fsp3) is 0.375. The minimum atomic E-state index is 0.185. The van der Waals surface area contributed by atoms with Crippen molar-refractivity contribution in [2.45, 2.75) is 32.4 Å². The summed E-state index contributed by atoms with van der Waals surface area (Å²) in [5, 5.41) is 8.51. The number of likely N-dealkylation sites (tertiary alicyclic amines) is 1. The Morgan fingerprint density at radius 3 is 3.13 bits per heavy atom. The zero-order valence-corrected chi connectivity index (χ0v) is 13.7. The molecule has 0 N–H and O–H groups in total. The number of aromatic nitrogens is 4. The van der Waals surface area contributed by atoms with Gasteiger partial charge in [-0.3, -0.25) is 9.88 Å². The number of nitrogens with zero attached hydrogens (tertiary/aromatic N) is 5. The Kier molecular flexibility index (Phi) is 3.88. The summed E-state index contributed by atoms with van der Waals surface area (Å²) >= 11 is 1.53. The molecule has 0 saturated carbocycles. The van der Waals surface area contributed by atoms with E-state index in [4.69, 9.17) is 4.42 Å². The van der Waals surface area contributed by atoms with Crippen LogP contribution >= 0.6 is 11.3 Å². The predicted molar refractivity (Wildman–Crippen MR) is 86.8 cm³/mol. The van der Waals surface area contributed by atoms with E-state index in [1.807, 2.05) is 19.2 Å². The second-order valence-electron chi connectivity index (χ2n) is 5.70. The van der Waals surface area contributed by atoms with Gasteiger partial charge in [0.25, 0.3) is 5.89 Å². The van der Waals surface area contributed by atoms with Crippen LogP contribution in [0.15, 0.2) is 34.5 Å². The van der Waals surface area contributed by atoms with Gasteiger partial charge in [-0.1, -0.05) is 6.07 Å². The molecule has 4 heterocycles. The van der Waals surface area contributed by atoms with Gasteiger partial charge in [0.1, 0.15) is 4.88 Å². The molecule has 1 aliphatic heterocycles. The van der Waals surface area contributed by atoms with Crippen molar-refractivity contribution in [1.29, 1.82) is 0 Å². The molecule has 0 spiro atoms. The van der Waals surface area contributed by atoms with Gasteiger partial charge < -0.3 is 4.42 Å². The van der Waals surface area contributed by atoms with Crippen molar-refractivity contribution in [3.05, 3.63) is 47.2 Å². The maximum Gasteiger partial charge on any atom is 0.259 e. The van der Waals surface area contributed by atoms with E-state index in [1.165, 1.54) is 16.9 Å². The van der Waals surface area contributed by atoms with Crippen molar-refractivity contribution >= 4 is 11.3 Å². The lowest BCUT2D eigenvalue weighted by atomic mass is 10.2. The molecule has 1 atom stereocenters. The zero-order valence-electron chi connectivity index (χ0n) is 12.8. The van der Waals surface area contributed by atoms with Crippen molar-refractivity contribution in [2.24, 2.45) is 0 Å². The molecule has 1 aliphatic rings. The van der Waals surface area contributed by atoms with E-state index >= 15 is 0 Å². The summed E-state index contributed by atoms with van der Waals surface area (Å²) < 4.78 is 5.95. The second-order valence-corrected chi connectivity index (χ2v) is 6.56. The molecule has 4 rings (SSSR count). The van der Waals surface area contributed by atoms with Gasteiger partial charge in [0.15, 0.2) is 0 Å². The van der Waals surface area contributed by atoms with Crippen molar-refractivity contribution in [3.63, 3.8) is 0 Å². The summed E-state index contributed by atoms with van der Waals surface area (Å²) in [4.78, 5) is 11.8. The van der Waals surface area contributed by atoms with Crippen LogP contribution in [0.1, 0.15) is 36.0 Å². The maximum absolute atomic E-state index is 5.95. The van der Waals surface area contributed by atoms with Crippen LogP contribution in [0.3, 0.4) is 0 Å². The summed E-state index contributed by atoms with van der Waals surface area (Å²) in [6.45, 7) is 3.85. The summed E-state index contributed by atoms with van der Waals surface area (Å²) in [5.74, 6) is 1.28. The molecule has 3 aromatic rings. The highest BCUT2D eigenvalue weighted by atomic mass is 32.1. The second kappa shape index (κ2) is 6.17. The fourth-order valence-electron chi connectivity index (χ4n) is 2.99. The first-order valence-electron chi connectivity index (χ1n) is 7.68. The van der Waals surface area contributed by atoms with E-state index in [0.29, 0.717) is 11.8 Å². The Bertz CT molecular complexity index is 785. The van der Waals surface area contributed by atoms with E-state index in [2.05, 4.69) is 31.1 Å². The molecule has 0 unspecified atom stereocenters. The molecule has 1 fully saturated rings. The largest absolute Gasteiger partial charge is 0.418 e. The van der Waals surface area contributed by atoms with Crippen LogP contribution in [0.5, 0.6) is 0 Å². The molecule has 0 radical (unpaired) electrons. The highest BCUT2D eigenvalue weighted by Crippen LogP contribution is 2.34. The highest BCUT2D eigenvalue weighted by Gasteiger charge is 2.31. The van der Waals surface area contributed by atoms with Gasteiger partial charge in [-0.25, -0.2) is 4.98 Å². The van der Waals surface area contributed by atoms with Crippen LogP contribution in [0.4, 0.5) is 0 Å². The van der Waals surface area contributed by atoms with Crippen LogP contribution < -0.4 is 0 Å². The van der Waals surface area contributed by atoms with E-state index in [-0.39, 0.29) is 6.04 Å². The van der Waals surface area contributed by atoms with Gasteiger partial charge in [-0.15, -0.1) is 21.5 Å². The topological polar surface area (TPSA) is 67.9 Å². The molecule has 118 valence electrons. The van der Waals surface area contributed by atoms with Gasteiger partial charge in [-0.05, 0) is 37.9 Å². The molecule has 0 aromatic carbocycles. The molecule has 23 heavy (non-hydrogen) atoms. The number of hydrogen-bond donors (Lipinski definition) is 0. The summed E-state index contributed by atoms with van der Waals surface area (Å²) in [7, 11) is 0. The molecule has 0 aliphatic carbocycles. The number of pyridine rings is 1. The minimum absolute atomic E-state index is 0.185. The Morgan fingerprint density at radius 1 is 1.39 bits per heavy atom. The third kappa shape index (κ3) is 2.89. The normalized spacial score (nSPS) is 18.6. The lowest BCUT2D eigenvalue weighted by Crippen LogP contribution is -2.23. The maximum atomic E-state index is 5.95. The van der Waals surface area contributed by atoms with Crippen molar-refractivity contribution in [1.82, 2.24) is 25.1 Å². The molecule has 1 saturated heterocycles. The fourth-order valence-corrected chi connectivity index (χ4v) is 3.71. The third-order valence-corrected chi connectivity index (χ3v) is 5.05. The predicted octanol–water partition coefficient (Wildman–Crippen LogP) is 3.23. The van der Waals surface area contributed by atoms with Crippen LogP contribution in [-0.2, 0) is 6.54 Å². The van der Waals surface area contributed by atoms with Gasteiger partial charge in [0.05, 0.1) is 17.2 Å². The van der Waals surface area contributed by atoms with E-state index in [1.54, 1.807) is 11.7 Å². The van der Waals surface area contributed by atoms with Gasteiger partial charge in [0, 0.05) is 18.9 Å². The molecule has 7 heteroatoms. The summed E-state index contributed by atoms with van der Waals surface area (Å²) in [6.07, 6.45) is 5.90. The first-order chi connectivity index (χ1) is 11.3. The lowest BCUT2D eigenvalue weighted by molar-refractivity contribution is 0.215. The van der Waals surface area contributed by atoms with Gasteiger partial charge in [-0.2, -0.15) is 0 Å².